The Morgan fingerprint density at radius 3 is 2.83 bits per heavy atom. The molecule has 0 spiro atoms. The van der Waals surface area contributed by atoms with Crippen LogP contribution in [-0.2, 0) is 16.1 Å². The first-order chi connectivity index (χ1) is 11.1. The zero-order chi connectivity index (χ0) is 16.7. The third kappa shape index (κ3) is 6.30. The summed E-state index contributed by atoms with van der Waals surface area (Å²) in [6, 6.07) is 7.02. The number of aromatic nitrogens is 2. The molecule has 0 aliphatic rings. The lowest BCUT2D eigenvalue weighted by atomic mass is 10.2. The largest absolute Gasteiger partial charge is 0.383 e. The van der Waals surface area contributed by atoms with E-state index in [4.69, 9.17) is 27.9 Å². The molecule has 6 nitrogen and oxygen atoms in total. The number of anilines is 1. The molecule has 0 saturated heterocycles. The summed E-state index contributed by atoms with van der Waals surface area (Å²) < 4.78 is 6.57. The van der Waals surface area contributed by atoms with Crippen LogP contribution in [0.5, 0.6) is 0 Å². The van der Waals surface area contributed by atoms with Crippen LogP contribution in [0.3, 0.4) is 0 Å². The highest BCUT2D eigenvalue weighted by molar-refractivity contribution is 6.35. The standard InChI is InChI=1S/C15H18Cl2N4O2.ClH/c1-23-7-6-18-9-15(22)20-14-4-5-19-21(14)10-11-2-3-12(16)8-13(11)17;/h2-5,8,18H,6-7,9-10H2,1H3,(H,20,22);1H. The Hall–Kier alpha value is -1.31. The van der Waals surface area contributed by atoms with Gasteiger partial charge in [0.05, 0.1) is 25.9 Å². The first-order valence-electron chi connectivity index (χ1n) is 7.05. The fourth-order valence-corrected chi connectivity index (χ4v) is 2.41. The topological polar surface area (TPSA) is 68.2 Å². The lowest BCUT2D eigenvalue weighted by molar-refractivity contribution is -0.115. The van der Waals surface area contributed by atoms with E-state index in [-0.39, 0.29) is 24.9 Å². The van der Waals surface area contributed by atoms with Gasteiger partial charge in [0.1, 0.15) is 5.82 Å². The van der Waals surface area contributed by atoms with Crippen molar-refractivity contribution in [2.24, 2.45) is 0 Å². The van der Waals surface area contributed by atoms with E-state index in [1.807, 2.05) is 6.07 Å². The van der Waals surface area contributed by atoms with Crippen molar-refractivity contribution in [2.45, 2.75) is 6.54 Å². The number of hydrogen-bond donors (Lipinski definition) is 2. The molecule has 0 fully saturated rings. The highest BCUT2D eigenvalue weighted by Gasteiger charge is 2.09. The van der Waals surface area contributed by atoms with Crippen molar-refractivity contribution in [1.82, 2.24) is 15.1 Å². The van der Waals surface area contributed by atoms with Crippen LogP contribution in [0.15, 0.2) is 30.5 Å². The highest BCUT2D eigenvalue weighted by Crippen LogP contribution is 2.22. The number of amides is 1. The van der Waals surface area contributed by atoms with E-state index in [1.165, 1.54) is 0 Å². The lowest BCUT2D eigenvalue weighted by Gasteiger charge is -2.11. The molecule has 2 N–H and O–H groups in total. The van der Waals surface area contributed by atoms with E-state index < -0.39 is 0 Å². The summed E-state index contributed by atoms with van der Waals surface area (Å²) in [4.78, 5) is 11.9. The summed E-state index contributed by atoms with van der Waals surface area (Å²) in [5.74, 6) is 0.458. The molecule has 24 heavy (non-hydrogen) atoms. The second-order valence-corrected chi connectivity index (χ2v) is 5.67. The average Bonchev–Trinajstić information content (AvgIpc) is 2.93. The number of nitrogens with one attached hydrogen (secondary N) is 2. The van der Waals surface area contributed by atoms with Gasteiger partial charge < -0.3 is 15.4 Å². The van der Waals surface area contributed by atoms with Crippen LogP contribution in [0.25, 0.3) is 0 Å². The molecule has 0 bridgehead atoms. The first-order valence-corrected chi connectivity index (χ1v) is 7.81. The molecule has 9 heteroatoms. The van der Waals surface area contributed by atoms with Crippen LogP contribution in [0, 0.1) is 0 Å². The van der Waals surface area contributed by atoms with Gasteiger partial charge in [-0.1, -0.05) is 29.3 Å². The quantitative estimate of drug-likeness (QED) is 0.677. The van der Waals surface area contributed by atoms with Gasteiger partial charge in [0.2, 0.25) is 5.91 Å². The van der Waals surface area contributed by atoms with Gasteiger partial charge in [0.25, 0.3) is 0 Å². The van der Waals surface area contributed by atoms with Gasteiger partial charge in [-0.2, -0.15) is 5.10 Å². The van der Waals surface area contributed by atoms with E-state index >= 15 is 0 Å². The van der Waals surface area contributed by atoms with Gasteiger partial charge in [0, 0.05) is 29.8 Å². The van der Waals surface area contributed by atoms with Crippen LogP contribution in [0.4, 0.5) is 5.82 Å². The van der Waals surface area contributed by atoms with Crippen molar-refractivity contribution in [3.63, 3.8) is 0 Å². The van der Waals surface area contributed by atoms with E-state index in [1.54, 1.807) is 36.2 Å². The predicted molar refractivity (Wildman–Crippen MR) is 98.4 cm³/mol. The summed E-state index contributed by atoms with van der Waals surface area (Å²) in [6.45, 7) is 1.82. The molecule has 0 unspecified atom stereocenters. The molecule has 2 aromatic rings. The molecule has 1 amide bonds. The Labute approximate surface area is 156 Å². The minimum absolute atomic E-state index is 0. The van der Waals surface area contributed by atoms with Crippen molar-refractivity contribution in [3.8, 4) is 0 Å². The van der Waals surface area contributed by atoms with E-state index in [0.717, 1.165) is 5.56 Å². The molecule has 1 heterocycles. The lowest BCUT2D eigenvalue weighted by Crippen LogP contribution is -2.31. The zero-order valence-electron chi connectivity index (χ0n) is 13.1. The maximum Gasteiger partial charge on any atom is 0.239 e. The van der Waals surface area contributed by atoms with E-state index in [9.17, 15) is 4.79 Å². The molecule has 1 aromatic heterocycles. The van der Waals surface area contributed by atoms with Crippen molar-refractivity contribution in [3.05, 3.63) is 46.1 Å². The Balaban J connectivity index is 0.00000288. The van der Waals surface area contributed by atoms with Gasteiger partial charge in [-0.15, -0.1) is 12.4 Å². The summed E-state index contributed by atoms with van der Waals surface area (Å²) in [7, 11) is 1.61. The molecule has 0 saturated carbocycles. The molecule has 132 valence electrons. The molecule has 0 aliphatic carbocycles. The predicted octanol–water partition coefficient (Wildman–Crippen LogP) is 2.83. The smallest absolute Gasteiger partial charge is 0.239 e. The summed E-state index contributed by atoms with van der Waals surface area (Å²) >= 11 is 12.1. The number of rotatable bonds is 8. The van der Waals surface area contributed by atoms with Crippen molar-refractivity contribution in [1.29, 1.82) is 0 Å². The molecular weight excluding hydrogens is 375 g/mol. The summed E-state index contributed by atoms with van der Waals surface area (Å²) in [6.07, 6.45) is 1.62. The fraction of sp³-hybridized carbons (Fsp3) is 0.333. The Morgan fingerprint density at radius 1 is 1.33 bits per heavy atom. The van der Waals surface area contributed by atoms with Gasteiger partial charge in [0.15, 0.2) is 0 Å². The molecule has 0 radical (unpaired) electrons. The fourth-order valence-electron chi connectivity index (χ4n) is 1.94. The first kappa shape index (κ1) is 20.7. The molecule has 0 aliphatic heterocycles. The van der Waals surface area contributed by atoms with Crippen LogP contribution in [0.1, 0.15) is 5.56 Å². The minimum atomic E-state index is -0.148. The van der Waals surface area contributed by atoms with Crippen LogP contribution < -0.4 is 10.6 Å². The monoisotopic (exact) mass is 392 g/mol. The number of nitrogens with zero attached hydrogens (tertiary/aromatic N) is 2. The van der Waals surface area contributed by atoms with Crippen molar-refractivity contribution in [2.75, 3.05) is 32.1 Å². The molecule has 2 rings (SSSR count). The normalized spacial score (nSPS) is 10.3. The van der Waals surface area contributed by atoms with Gasteiger partial charge >= 0.3 is 0 Å². The van der Waals surface area contributed by atoms with E-state index in [0.29, 0.717) is 35.6 Å². The zero-order valence-corrected chi connectivity index (χ0v) is 15.4. The van der Waals surface area contributed by atoms with Crippen LogP contribution >= 0.6 is 35.6 Å². The average molecular weight is 394 g/mol. The third-order valence-electron chi connectivity index (χ3n) is 3.09. The van der Waals surface area contributed by atoms with Crippen molar-refractivity contribution >= 4 is 47.3 Å². The SMILES string of the molecule is COCCNCC(=O)Nc1ccnn1Cc1ccc(Cl)cc1Cl.Cl. The number of ether oxygens (including phenoxy) is 1. The molecule has 0 atom stereocenters. The number of carbonyl (C=O) groups is 1. The second kappa shape index (κ2) is 10.5. The van der Waals surface area contributed by atoms with Crippen LogP contribution in [-0.4, -0.2) is 42.5 Å². The maximum atomic E-state index is 11.9. The highest BCUT2D eigenvalue weighted by atomic mass is 35.5. The number of hydrogen-bond acceptors (Lipinski definition) is 4. The van der Waals surface area contributed by atoms with Gasteiger partial charge in [-0.3, -0.25) is 4.79 Å². The number of methoxy groups -OCH3 is 1. The van der Waals surface area contributed by atoms with Gasteiger partial charge in [-0.25, -0.2) is 4.68 Å². The maximum absolute atomic E-state index is 11.9. The van der Waals surface area contributed by atoms with Crippen LogP contribution in [0.2, 0.25) is 10.0 Å². The Kier molecular flexibility index (Phi) is 9.10. The van der Waals surface area contributed by atoms with Gasteiger partial charge in [-0.05, 0) is 17.7 Å². The summed E-state index contributed by atoms with van der Waals surface area (Å²) in [5.41, 5.74) is 0.869. The third-order valence-corrected chi connectivity index (χ3v) is 3.67. The molecule has 1 aromatic carbocycles. The Bertz CT molecular complexity index is 664. The number of carbonyl (C=O) groups excluding carboxylic acids is 1. The molecular formula is C15H19Cl3N4O2. The number of halogens is 3. The second-order valence-electron chi connectivity index (χ2n) is 4.83. The minimum Gasteiger partial charge on any atom is -0.383 e. The van der Waals surface area contributed by atoms with Crippen molar-refractivity contribution < 1.29 is 9.53 Å². The van der Waals surface area contributed by atoms with E-state index in [2.05, 4.69) is 15.7 Å². The summed E-state index contributed by atoms with van der Waals surface area (Å²) in [5, 5.41) is 11.1. The number of benzene rings is 1. The Morgan fingerprint density at radius 2 is 2.12 bits per heavy atom.